The Hall–Kier alpha value is -4.44. The molecular weight excluding hydrogens is 622 g/mol. The van der Waals surface area contributed by atoms with Crippen molar-refractivity contribution in [1.29, 1.82) is 0 Å². The molecule has 1 unspecified atom stereocenters. The molecule has 0 saturated carbocycles. The van der Waals surface area contributed by atoms with Crippen molar-refractivity contribution >= 4 is 0 Å². The topological polar surface area (TPSA) is 74.2 Å². The van der Waals surface area contributed by atoms with Crippen molar-refractivity contribution in [3.05, 3.63) is 173 Å². The van der Waals surface area contributed by atoms with Gasteiger partial charge in [-0.3, -0.25) is 4.90 Å². The summed E-state index contributed by atoms with van der Waals surface area (Å²) in [7, 11) is 0. The first-order chi connectivity index (χ1) is 24.0. The van der Waals surface area contributed by atoms with Crippen LogP contribution in [0.3, 0.4) is 0 Å². The third-order valence-electron chi connectivity index (χ3n) is 8.35. The molecule has 8 heteroatoms. The predicted molar refractivity (Wildman–Crippen MR) is 188 cm³/mol. The predicted octanol–water partition coefficient (Wildman–Crippen LogP) is 6.55. The number of nitrogens with one attached hydrogen (secondary N) is 1. The lowest BCUT2D eigenvalue weighted by Gasteiger charge is -2.41. The summed E-state index contributed by atoms with van der Waals surface area (Å²) >= 11 is 0. The number of aliphatic hydroxyl groups is 2. The second-order valence-electron chi connectivity index (χ2n) is 12.2. The van der Waals surface area contributed by atoms with Crippen LogP contribution in [0.15, 0.2) is 140 Å². The molecule has 0 aliphatic carbocycles. The molecule has 0 aromatic heterocycles. The zero-order chi connectivity index (χ0) is 34.3. The van der Waals surface area contributed by atoms with E-state index < -0.39 is 35.9 Å². The van der Waals surface area contributed by atoms with Crippen LogP contribution in [0.1, 0.15) is 22.3 Å². The van der Waals surface area contributed by atoms with Gasteiger partial charge in [0, 0.05) is 31.7 Å². The second kappa shape index (κ2) is 18.9. The van der Waals surface area contributed by atoms with E-state index in [1.165, 1.54) is 12.1 Å². The molecule has 256 valence electrons. The SMILES string of the molecule is OC[C@@H](NCC(O)COc1ccccc1)[C@@H](OCc1ccccc1)[C@H](Cc1cc(F)cc(F)c1)N(Cc1ccccc1)Cc1ccccc1. The molecule has 5 rings (SSSR count). The van der Waals surface area contributed by atoms with Gasteiger partial charge >= 0.3 is 0 Å². The fraction of sp³-hybridized carbons (Fsp3) is 0.268. The molecule has 3 N–H and O–H groups in total. The van der Waals surface area contributed by atoms with Crippen LogP contribution in [0.4, 0.5) is 8.78 Å². The van der Waals surface area contributed by atoms with Crippen LogP contribution in [0, 0.1) is 11.6 Å². The number of hydrogen-bond acceptors (Lipinski definition) is 6. The van der Waals surface area contributed by atoms with Crippen molar-refractivity contribution in [2.75, 3.05) is 19.8 Å². The monoisotopic (exact) mass is 666 g/mol. The lowest BCUT2D eigenvalue weighted by molar-refractivity contribution is -0.0604. The Bertz CT molecular complexity index is 1590. The summed E-state index contributed by atoms with van der Waals surface area (Å²) in [6.45, 7) is 1.10. The highest BCUT2D eigenvalue weighted by Gasteiger charge is 2.35. The van der Waals surface area contributed by atoms with Gasteiger partial charge in [-0.15, -0.1) is 0 Å². The molecule has 0 saturated heterocycles. The lowest BCUT2D eigenvalue weighted by Crippen LogP contribution is -2.57. The molecule has 0 spiro atoms. The standard InChI is InChI=1S/C41H44F2N2O4/c42-35-21-34(22-36(43)24-35)23-40(45(26-31-13-5-1-6-14-31)27-32-15-7-2-8-16-32)41(49-29-33-17-9-3-10-18-33)39(28-46)44-25-37(47)30-48-38-19-11-4-12-20-38/h1-22,24,37,39-41,44,46-47H,23,25-30H2/t37?,39-,40+,41-/m1/s1. The zero-order valence-electron chi connectivity index (χ0n) is 27.5. The molecule has 0 aliphatic heterocycles. The number of ether oxygens (including phenoxy) is 2. The number of rotatable bonds is 19. The second-order valence-corrected chi connectivity index (χ2v) is 12.2. The highest BCUT2D eigenvalue weighted by Crippen LogP contribution is 2.25. The first kappa shape index (κ1) is 35.9. The number of halogens is 2. The van der Waals surface area contributed by atoms with E-state index in [9.17, 15) is 19.0 Å². The van der Waals surface area contributed by atoms with Crippen LogP contribution >= 0.6 is 0 Å². The summed E-state index contributed by atoms with van der Waals surface area (Å²) in [6.07, 6.45) is -1.35. The van der Waals surface area contributed by atoms with Crippen molar-refractivity contribution in [3.8, 4) is 5.75 Å². The van der Waals surface area contributed by atoms with Crippen molar-refractivity contribution in [1.82, 2.24) is 10.2 Å². The number of aliphatic hydroxyl groups excluding tert-OH is 2. The Morgan fingerprint density at radius 3 is 1.69 bits per heavy atom. The highest BCUT2D eigenvalue weighted by atomic mass is 19.1. The van der Waals surface area contributed by atoms with Gasteiger partial charge in [-0.2, -0.15) is 0 Å². The molecule has 0 heterocycles. The van der Waals surface area contributed by atoms with E-state index in [1.54, 1.807) is 0 Å². The van der Waals surface area contributed by atoms with Gasteiger partial charge in [0.2, 0.25) is 0 Å². The van der Waals surface area contributed by atoms with Crippen molar-refractivity contribution < 1.29 is 28.5 Å². The summed E-state index contributed by atoms with van der Waals surface area (Å²) in [5, 5.41) is 25.1. The molecule has 6 nitrogen and oxygen atoms in total. The largest absolute Gasteiger partial charge is 0.491 e. The first-order valence-electron chi connectivity index (χ1n) is 16.6. The third kappa shape index (κ3) is 11.6. The minimum absolute atomic E-state index is 0.0465. The van der Waals surface area contributed by atoms with E-state index in [0.29, 0.717) is 24.4 Å². The van der Waals surface area contributed by atoms with Crippen molar-refractivity contribution in [2.45, 2.75) is 50.4 Å². The van der Waals surface area contributed by atoms with Gasteiger partial charge in [0.1, 0.15) is 30.1 Å². The molecule has 0 radical (unpaired) electrons. The van der Waals surface area contributed by atoms with E-state index in [2.05, 4.69) is 10.2 Å². The fourth-order valence-corrected chi connectivity index (χ4v) is 5.95. The van der Waals surface area contributed by atoms with Gasteiger partial charge in [0.25, 0.3) is 0 Å². The Kier molecular flexibility index (Phi) is 13.9. The summed E-state index contributed by atoms with van der Waals surface area (Å²) in [5.74, 6) is -0.678. The first-order valence-corrected chi connectivity index (χ1v) is 16.6. The van der Waals surface area contributed by atoms with Gasteiger partial charge in [-0.1, -0.05) is 109 Å². The van der Waals surface area contributed by atoms with Crippen LogP contribution in [-0.2, 0) is 30.9 Å². The van der Waals surface area contributed by atoms with E-state index in [4.69, 9.17) is 9.47 Å². The van der Waals surface area contributed by atoms with Gasteiger partial charge in [-0.05, 0) is 52.9 Å². The fourth-order valence-electron chi connectivity index (χ4n) is 5.95. The van der Waals surface area contributed by atoms with E-state index in [-0.39, 0.29) is 32.8 Å². The van der Waals surface area contributed by atoms with Gasteiger partial charge in [-0.25, -0.2) is 8.78 Å². The average Bonchev–Trinajstić information content (AvgIpc) is 3.12. The smallest absolute Gasteiger partial charge is 0.126 e. The molecule has 4 atom stereocenters. The molecule has 5 aromatic carbocycles. The van der Waals surface area contributed by atoms with Crippen LogP contribution in [0.5, 0.6) is 5.75 Å². The van der Waals surface area contributed by atoms with Crippen LogP contribution in [-0.4, -0.2) is 59.2 Å². The molecule has 0 aliphatic rings. The Morgan fingerprint density at radius 1 is 0.653 bits per heavy atom. The minimum Gasteiger partial charge on any atom is -0.491 e. The maximum absolute atomic E-state index is 14.6. The van der Waals surface area contributed by atoms with Gasteiger partial charge < -0.3 is 25.0 Å². The van der Waals surface area contributed by atoms with E-state index in [0.717, 1.165) is 22.8 Å². The Morgan fingerprint density at radius 2 is 1.16 bits per heavy atom. The van der Waals surface area contributed by atoms with Crippen LogP contribution < -0.4 is 10.1 Å². The van der Waals surface area contributed by atoms with Crippen molar-refractivity contribution in [2.24, 2.45) is 0 Å². The van der Waals surface area contributed by atoms with Crippen LogP contribution in [0.25, 0.3) is 0 Å². The highest BCUT2D eigenvalue weighted by molar-refractivity contribution is 5.23. The summed E-state index contributed by atoms with van der Waals surface area (Å²) < 4.78 is 41.7. The molecule has 0 fully saturated rings. The zero-order valence-corrected chi connectivity index (χ0v) is 27.5. The van der Waals surface area contributed by atoms with Gasteiger partial charge in [0.05, 0.1) is 25.4 Å². The van der Waals surface area contributed by atoms with Crippen LogP contribution in [0.2, 0.25) is 0 Å². The molecule has 0 amide bonds. The molecular formula is C41H44F2N2O4. The number of nitrogens with zero attached hydrogens (tertiary/aromatic N) is 1. The van der Waals surface area contributed by atoms with E-state index >= 15 is 0 Å². The number of para-hydroxylation sites is 1. The summed E-state index contributed by atoms with van der Waals surface area (Å²) in [4.78, 5) is 2.24. The van der Waals surface area contributed by atoms with E-state index in [1.807, 2.05) is 121 Å². The summed E-state index contributed by atoms with van der Waals surface area (Å²) in [5.41, 5.74) is 3.51. The Balaban J connectivity index is 1.49. The van der Waals surface area contributed by atoms with Gasteiger partial charge in [0.15, 0.2) is 0 Å². The lowest BCUT2D eigenvalue weighted by atomic mass is 9.93. The number of benzene rings is 5. The number of hydrogen-bond donors (Lipinski definition) is 3. The minimum atomic E-state index is -0.885. The maximum atomic E-state index is 14.6. The molecule has 49 heavy (non-hydrogen) atoms. The molecule has 5 aromatic rings. The van der Waals surface area contributed by atoms with Crippen molar-refractivity contribution in [3.63, 3.8) is 0 Å². The third-order valence-corrected chi connectivity index (χ3v) is 8.35. The average molecular weight is 667 g/mol. The Labute approximate surface area is 287 Å². The summed E-state index contributed by atoms with van der Waals surface area (Å²) in [6, 6.07) is 41.4. The quantitative estimate of drug-likeness (QED) is 0.0929. The maximum Gasteiger partial charge on any atom is 0.126 e. The normalized spacial score (nSPS) is 13.9. The molecule has 0 bridgehead atoms.